The van der Waals surface area contributed by atoms with E-state index in [1.54, 1.807) is 44.4 Å². The third-order valence-corrected chi connectivity index (χ3v) is 3.50. The van der Waals surface area contributed by atoms with Crippen LogP contribution in [0.2, 0.25) is 5.02 Å². The topological polar surface area (TPSA) is 49.4 Å². The number of carbonyl (C=O) groups excluding carboxylic acids is 2. The summed E-state index contributed by atoms with van der Waals surface area (Å²) in [7, 11) is 3.39. The molecule has 114 valence electrons. The monoisotopic (exact) mass is 316 g/mol. The van der Waals surface area contributed by atoms with Crippen LogP contribution in [0.15, 0.2) is 48.5 Å². The highest BCUT2D eigenvalue weighted by molar-refractivity contribution is 6.31. The number of amides is 2. The van der Waals surface area contributed by atoms with Crippen molar-refractivity contribution in [3.05, 3.63) is 64.7 Å². The Kier molecular flexibility index (Phi) is 5.17. The van der Waals surface area contributed by atoms with Gasteiger partial charge in [-0.1, -0.05) is 29.8 Å². The highest BCUT2D eigenvalue weighted by Crippen LogP contribution is 2.16. The molecule has 0 bridgehead atoms. The lowest BCUT2D eigenvalue weighted by Crippen LogP contribution is -2.21. The summed E-state index contributed by atoms with van der Waals surface area (Å²) in [5.41, 5.74) is 2.00. The summed E-state index contributed by atoms with van der Waals surface area (Å²) in [6, 6.07) is 14.0. The summed E-state index contributed by atoms with van der Waals surface area (Å²) in [6.45, 7) is 0. The van der Waals surface area contributed by atoms with Gasteiger partial charge < -0.3 is 10.2 Å². The van der Waals surface area contributed by atoms with Gasteiger partial charge >= 0.3 is 0 Å². The summed E-state index contributed by atoms with van der Waals surface area (Å²) in [4.78, 5) is 25.3. The molecule has 0 saturated heterocycles. The number of nitrogens with one attached hydrogen (secondary N) is 1. The molecular formula is C17H17ClN2O2. The van der Waals surface area contributed by atoms with Gasteiger partial charge in [0.1, 0.15) is 0 Å². The fraction of sp³-hybridized carbons (Fsp3) is 0.176. The van der Waals surface area contributed by atoms with Gasteiger partial charge in [0.05, 0.1) is 6.42 Å². The third-order valence-electron chi connectivity index (χ3n) is 3.13. The van der Waals surface area contributed by atoms with E-state index in [-0.39, 0.29) is 18.2 Å². The number of hydrogen-bond acceptors (Lipinski definition) is 2. The number of hydrogen-bond donors (Lipinski definition) is 1. The predicted octanol–water partition coefficient (Wildman–Crippen LogP) is 3.22. The normalized spacial score (nSPS) is 10.1. The Hall–Kier alpha value is -2.33. The zero-order valence-electron chi connectivity index (χ0n) is 12.5. The van der Waals surface area contributed by atoms with Crippen molar-refractivity contribution in [1.29, 1.82) is 0 Å². The first-order valence-electron chi connectivity index (χ1n) is 6.82. The van der Waals surface area contributed by atoms with Gasteiger partial charge in [-0.2, -0.15) is 0 Å². The third kappa shape index (κ3) is 4.09. The van der Waals surface area contributed by atoms with E-state index >= 15 is 0 Å². The summed E-state index contributed by atoms with van der Waals surface area (Å²) < 4.78 is 0. The molecule has 0 aliphatic heterocycles. The van der Waals surface area contributed by atoms with Crippen LogP contribution in [0.25, 0.3) is 0 Å². The molecule has 0 aliphatic rings. The van der Waals surface area contributed by atoms with Crippen molar-refractivity contribution in [1.82, 2.24) is 4.90 Å². The first kappa shape index (κ1) is 16.0. The molecule has 0 atom stereocenters. The number of benzene rings is 2. The minimum absolute atomic E-state index is 0.0751. The number of halogens is 1. The molecule has 4 nitrogen and oxygen atoms in total. The quantitative estimate of drug-likeness (QED) is 0.941. The Morgan fingerprint density at radius 2 is 1.68 bits per heavy atom. The van der Waals surface area contributed by atoms with Crippen LogP contribution < -0.4 is 5.32 Å². The van der Waals surface area contributed by atoms with Gasteiger partial charge in [0, 0.05) is 30.4 Å². The SMILES string of the molecule is CN(C)C(=O)c1ccc(NC(=O)Cc2ccccc2Cl)cc1. The largest absolute Gasteiger partial charge is 0.345 e. The van der Waals surface area contributed by atoms with Crippen LogP contribution in [0.4, 0.5) is 5.69 Å². The first-order valence-corrected chi connectivity index (χ1v) is 7.20. The maximum Gasteiger partial charge on any atom is 0.253 e. The predicted molar refractivity (Wildman–Crippen MR) is 88.2 cm³/mol. The Labute approximate surface area is 134 Å². The molecule has 0 radical (unpaired) electrons. The smallest absolute Gasteiger partial charge is 0.253 e. The fourth-order valence-corrected chi connectivity index (χ4v) is 2.18. The maximum atomic E-state index is 12.0. The molecule has 2 rings (SSSR count). The number of anilines is 1. The van der Waals surface area contributed by atoms with Crippen molar-refractivity contribution >= 4 is 29.1 Å². The van der Waals surface area contributed by atoms with Crippen molar-refractivity contribution in [2.24, 2.45) is 0 Å². The van der Waals surface area contributed by atoms with Crippen LogP contribution in [0.3, 0.4) is 0 Å². The summed E-state index contributed by atoms with van der Waals surface area (Å²) in [6.07, 6.45) is 0.206. The average Bonchev–Trinajstić information content (AvgIpc) is 2.49. The molecule has 0 saturated carbocycles. The molecule has 5 heteroatoms. The molecule has 0 spiro atoms. The minimum atomic E-state index is -0.153. The van der Waals surface area contributed by atoms with Gasteiger partial charge in [-0.3, -0.25) is 9.59 Å². The summed E-state index contributed by atoms with van der Waals surface area (Å²) in [5.74, 6) is -0.228. The Bertz CT molecular complexity index is 681. The average molecular weight is 317 g/mol. The van der Waals surface area contributed by atoms with Gasteiger partial charge in [0.15, 0.2) is 0 Å². The Balaban J connectivity index is 2.00. The molecule has 0 unspecified atom stereocenters. The van der Waals surface area contributed by atoms with Crippen molar-refractivity contribution < 1.29 is 9.59 Å². The minimum Gasteiger partial charge on any atom is -0.345 e. The second-order valence-corrected chi connectivity index (χ2v) is 5.50. The van der Waals surface area contributed by atoms with Crippen molar-refractivity contribution in [3.63, 3.8) is 0 Å². The van der Waals surface area contributed by atoms with Crippen LogP contribution in [0.5, 0.6) is 0 Å². The molecule has 0 aliphatic carbocycles. The molecule has 22 heavy (non-hydrogen) atoms. The lowest BCUT2D eigenvalue weighted by atomic mass is 10.1. The van der Waals surface area contributed by atoms with Gasteiger partial charge in [-0.15, -0.1) is 0 Å². The zero-order valence-corrected chi connectivity index (χ0v) is 13.2. The molecule has 0 aromatic heterocycles. The van der Waals surface area contributed by atoms with Gasteiger partial charge in [0.25, 0.3) is 5.91 Å². The lowest BCUT2D eigenvalue weighted by Gasteiger charge is -2.11. The molecule has 2 aromatic carbocycles. The summed E-state index contributed by atoms with van der Waals surface area (Å²) >= 11 is 6.03. The van der Waals surface area contributed by atoms with Crippen LogP contribution >= 0.6 is 11.6 Å². The second-order valence-electron chi connectivity index (χ2n) is 5.09. The first-order chi connectivity index (χ1) is 10.5. The maximum absolute atomic E-state index is 12.0. The number of carbonyl (C=O) groups is 2. The summed E-state index contributed by atoms with van der Waals surface area (Å²) in [5, 5.41) is 3.36. The highest BCUT2D eigenvalue weighted by Gasteiger charge is 2.09. The van der Waals surface area contributed by atoms with Gasteiger partial charge in [0.2, 0.25) is 5.91 Å². The van der Waals surface area contributed by atoms with E-state index in [1.165, 1.54) is 4.90 Å². The standard InChI is InChI=1S/C17H17ClN2O2/c1-20(2)17(22)12-7-9-14(10-8-12)19-16(21)11-13-5-3-4-6-15(13)18/h3-10H,11H2,1-2H3,(H,19,21). The molecule has 2 aromatic rings. The van der Waals surface area contributed by atoms with E-state index < -0.39 is 0 Å². The molecule has 0 fully saturated rings. The molecule has 0 heterocycles. The molecular weight excluding hydrogens is 300 g/mol. The zero-order chi connectivity index (χ0) is 16.1. The van der Waals surface area contributed by atoms with Crippen molar-refractivity contribution in [3.8, 4) is 0 Å². The van der Waals surface area contributed by atoms with Gasteiger partial charge in [-0.25, -0.2) is 0 Å². The Morgan fingerprint density at radius 1 is 1.05 bits per heavy atom. The van der Waals surface area contributed by atoms with Crippen molar-refractivity contribution in [2.45, 2.75) is 6.42 Å². The van der Waals surface area contributed by atoms with E-state index in [0.29, 0.717) is 16.3 Å². The number of nitrogens with zero attached hydrogens (tertiary/aromatic N) is 1. The molecule has 1 N–H and O–H groups in total. The lowest BCUT2D eigenvalue weighted by molar-refractivity contribution is -0.115. The Morgan fingerprint density at radius 3 is 2.27 bits per heavy atom. The highest BCUT2D eigenvalue weighted by atomic mass is 35.5. The van der Waals surface area contributed by atoms with Crippen LogP contribution in [0, 0.1) is 0 Å². The van der Waals surface area contributed by atoms with E-state index in [9.17, 15) is 9.59 Å². The van der Waals surface area contributed by atoms with Gasteiger partial charge in [-0.05, 0) is 35.9 Å². The van der Waals surface area contributed by atoms with E-state index in [0.717, 1.165) is 5.56 Å². The van der Waals surface area contributed by atoms with Crippen LogP contribution in [0.1, 0.15) is 15.9 Å². The second kappa shape index (κ2) is 7.09. The molecule has 2 amide bonds. The van der Waals surface area contributed by atoms with E-state index in [1.807, 2.05) is 18.2 Å². The van der Waals surface area contributed by atoms with E-state index in [2.05, 4.69) is 5.32 Å². The van der Waals surface area contributed by atoms with Crippen LogP contribution in [-0.4, -0.2) is 30.8 Å². The van der Waals surface area contributed by atoms with E-state index in [4.69, 9.17) is 11.6 Å². The number of rotatable bonds is 4. The van der Waals surface area contributed by atoms with Crippen molar-refractivity contribution in [2.75, 3.05) is 19.4 Å². The van der Waals surface area contributed by atoms with Crippen LogP contribution in [-0.2, 0) is 11.2 Å². The fourth-order valence-electron chi connectivity index (χ4n) is 1.97.